The van der Waals surface area contributed by atoms with Crippen LogP contribution in [0.5, 0.6) is 0 Å². The lowest BCUT2D eigenvalue weighted by Gasteiger charge is -2.48. The molecule has 2 aliphatic rings. The number of anilines is 2. The lowest BCUT2D eigenvalue weighted by molar-refractivity contribution is -0.135. The molecule has 2 fully saturated rings. The zero-order valence-electron chi connectivity index (χ0n) is 28.1. The van der Waals surface area contributed by atoms with Crippen LogP contribution in [0.3, 0.4) is 0 Å². The van der Waals surface area contributed by atoms with Gasteiger partial charge in [-0.05, 0) is 60.8 Å². The van der Waals surface area contributed by atoms with E-state index in [0.717, 1.165) is 17.2 Å². The molecule has 4 rings (SSSR count). The zero-order valence-corrected chi connectivity index (χ0v) is 28.9. The van der Waals surface area contributed by atoms with Crippen molar-refractivity contribution in [2.45, 2.75) is 103 Å². The van der Waals surface area contributed by atoms with E-state index in [-0.39, 0.29) is 47.4 Å². The first-order chi connectivity index (χ1) is 20.4. The summed E-state index contributed by atoms with van der Waals surface area (Å²) < 4.78 is 27.8. The van der Waals surface area contributed by atoms with Crippen molar-refractivity contribution in [1.82, 2.24) is 19.2 Å². The third-order valence-corrected chi connectivity index (χ3v) is 10.5. The molecular weight excluding hydrogens is 574 g/mol. The SMILES string of the molecule is CC1CN(c2ccc(C(C)(C)C)cn2)CC(CCC2CN(c3ccc(C(C)(C)C)cn3)CC(C)N2S(C)(=O)=O)N1C(=O)CN. The number of hydrogen-bond acceptors (Lipinski definition) is 8. The Kier molecular flexibility index (Phi) is 10.0. The first kappa shape index (κ1) is 34.1. The molecular formula is C33H53N7O3S. The molecule has 4 heterocycles. The van der Waals surface area contributed by atoms with Crippen LogP contribution >= 0.6 is 0 Å². The van der Waals surface area contributed by atoms with Gasteiger partial charge < -0.3 is 20.4 Å². The largest absolute Gasteiger partial charge is 0.353 e. The number of sulfonamides is 1. The molecule has 2 N–H and O–H groups in total. The molecule has 0 aromatic carbocycles. The second-order valence-electron chi connectivity index (χ2n) is 14.8. The highest BCUT2D eigenvalue weighted by atomic mass is 32.2. The molecule has 10 nitrogen and oxygen atoms in total. The van der Waals surface area contributed by atoms with Crippen LogP contribution in [0.15, 0.2) is 36.7 Å². The monoisotopic (exact) mass is 627 g/mol. The Morgan fingerprint density at radius 3 is 1.66 bits per heavy atom. The van der Waals surface area contributed by atoms with E-state index < -0.39 is 10.0 Å². The summed E-state index contributed by atoms with van der Waals surface area (Å²) in [7, 11) is -3.46. The van der Waals surface area contributed by atoms with Crippen molar-refractivity contribution in [2.24, 2.45) is 5.73 Å². The van der Waals surface area contributed by atoms with E-state index in [0.29, 0.717) is 39.0 Å². The minimum atomic E-state index is -3.46. The molecule has 0 aliphatic carbocycles. The maximum atomic E-state index is 13.1. The van der Waals surface area contributed by atoms with Crippen LogP contribution in [-0.2, 0) is 25.6 Å². The molecule has 2 aromatic rings. The van der Waals surface area contributed by atoms with Crippen molar-refractivity contribution in [3.8, 4) is 0 Å². The van der Waals surface area contributed by atoms with Crippen LogP contribution in [0.25, 0.3) is 0 Å². The maximum Gasteiger partial charge on any atom is 0.236 e. The molecule has 244 valence electrons. The average molecular weight is 628 g/mol. The summed E-state index contributed by atoms with van der Waals surface area (Å²) in [6.07, 6.45) is 6.40. The fourth-order valence-corrected chi connectivity index (χ4v) is 8.18. The van der Waals surface area contributed by atoms with E-state index in [2.05, 4.69) is 76.5 Å². The van der Waals surface area contributed by atoms with Crippen molar-refractivity contribution in [3.63, 3.8) is 0 Å². The molecule has 0 saturated carbocycles. The van der Waals surface area contributed by atoms with Gasteiger partial charge in [0, 0.05) is 62.7 Å². The van der Waals surface area contributed by atoms with E-state index in [4.69, 9.17) is 15.7 Å². The van der Waals surface area contributed by atoms with Gasteiger partial charge in [0.1, 0.15) is 11.6 Å². The molecule has 0 spiro atoms. The van der Waals surface area contributed by atoms with Gasteiger partial charge >= 0.3 is 0 Å². The van der Waals surface area contributed by atoms with Gasteiger partial charge in [-0.2, -0.15) is 4.31 Å². The van der Waals surface area contributed by atoms with Gasteiger partial charge in [-0.25, -0.2) is 18.4 Å². The van der Waals surface area contributed by atoms with Crippen molar-refractivity contribution in [2.75, 3.05) is 48.8 Å². The number of amides is 1. The standard InChI is InChI=1S/C33H53N7O3S/c1-23-19-37(29-14-10-25(17-35-29)32(3,4)5)21-27(39(23)31(41)16-34)12-13-28-22-38(20-24(2)40(28)44(9,42)43)30-15-11-26(18-36-30)33(6,7)8/h10-11,14-15,17-18,23-24,27-28H,12-13,16,19-22,34H2,1-9H3. The summed E-state index contributed by atoms with van der Waals surface area (Å²) in [5.41, 5.74) is 8.20. The third kappa shape index (κ3) is 7.72. The van der Waals surface area contributed by atoms with E-state index in [1.54, 1.807) is 4.31 Å². The van der Waals surface area contributed by atoms with Crippen LogP contribution in [0, 0.1) is 0 Å². The normalized spacial score (nSPS) is 24.1. The number of rotatable bonds is 7. The number of piperazine rings is 2. The van der Waals surface area contributed by atoms with Crippen LogP contribution in [0.4, 0.5) is 11.6 Å². The number of pyridine rings is 2. The Balaban J connectivity index is 1.57. The summed E-state index contributed by atoms with van der Waals surface area (Å²) in [5, 5.41) is 0. The first-order valence-corrected chi connectivity index (χ1v) is 17.7. The molecule has 2 aliphatic heterocycles. The van der Waals surface area contributed by atoms with Gasteiger partial charge in [0.2, 0.25) is 15.9 Å². The van der Waals surface area contributed by atoms with Gasteiger partial charge in [-0.15, -0.1) is 0 Å². The van der Waals surface area contributed by atoms with Crippen molar-refractivity contribution in [1.29, 1.82) is 0 Å². The fourth-order valence-electron chi connectivity index (χ4n) is 6.75. The average Bonchev–Trinajstić information content (AvgIpc) is 2.93. The highest BCUT2D eigenvalue weighted by Gasteiger charge is 2.40. The summed E-state index contributed by atoms with van der Waals surface area (Å²) in [6.45, 7) is 19.3. The smallest absolute Gasteiger partial charge is 0.236 e. The van der Waals surface area contributed by atoms with Crippen LogP contribution < -0.4 is 15.5 Å². The molecule has 11 heteroatoms. The highest BCUT2D eigenvalue weighted by Crippen LogP contribution is 2.31. The molecule has 0 radical (unpaired) electrons. The van der Waals surface area contributed by atoms with Crippen LogP contribution in [0.1, 0.15) is 79.4 Å². The Hall–Kier alpha value is -2.76. The van der Waals surface area contributed by atoms with E-state index in [9.17, 15) is 13.2 Å². The second-order valence-corrected chi connectivity index (χ2v) is 16.7. The number of hydrogen-bond donors (Lipinski definition) is 1. The van der Waals surface area contributed by atoms with Crippen LogP contribution in [0.2, 0.25) is 0 Å². The van der Waals surface area contributed by atoms with Crippen molar-refractivity contribution in [3.05, 3.63) is 47.8 Å². The fraction of sp³-hybridized carbons (Fsp3) is 0.667. The summed E-state index contributed by atoms with van der Waals surface area (Å²) in [6, 6.07) is 7.67. The molecule has 4 unspecified atom stereocenters. The lowest BCUT2D eigenvalue weighted by Crippen LogP contribution is -2.62. The topological polar surface area (TPSA) is 116 Å². The summed E-state index contributed by atoms with van der Waals surface area (Å²) in [5.74, 6) is 1.65. The predicted molar refractivity (Wildman–Crippen MR) is 179 cm³/mol. The van der Waals surface area contributed by atoms with Crippen molar-refractivity contribution >= 4 is 27.6 Å². The molecule has 44 heavy (non-hydrogen) atoms. The quantitative estimate of drug-likeness (QED) is 0.494. The minimum absolute atomic E-state index is 0.00164. The molecule has 1 amide bonds. The van der Waals surface area contributed by atoms with E-state index >= 15 is 0 Å². The molecule has 2 saturated heterocycles. The number of carbonyl (C=O) groups excluding carboxylic acids is 1. The van der Waals surface area contributed by atoms with Gasteiger partial charge in [-0.3, -0.25) is 4.79 Å². The van der Waals surface area contributed by atoms with Gasteiger partial charge in [-0.1, -0.05) is 53.7 Å². The van der Waals surface area contributed by atoms with Crippen molar-refractivity contribution < 1.29 is 13.2 Å². The van der Waals surface area contributed by atoms with Crippen LogP contribution in [-0.4, -0.2) is 96.6 Å². The number of nitrogens with two attached hydrogens (primary N) is 1. The van der Waals surface area contributed by atoms with Gasteiger partial charge in [0.05, 0.1) is 12.8 Å². The van der Waals surface area contributed by atoms with E-state index in [1.165, 1.54) is 11.8 Å². The van der Waals surface area contributed by atoms with E-state index in [1.807, 2.05) is 30.3 Å². The number of aromatic nitrogens is 2. The second kappa shape index (κ2) is 12.9. The lowest BCUT2D eigenvalue weighted by atomic mass is 9.88. The van der Waals surface area contributed by atoms with Gasteiger partial charge in [0.15, 0.2) is 0 Å². The van der Waals surface area contributed by atoms with Gasteiger partial charge in [0.25, 0.3) is 0 Å². The summed E-state index contributed by atoms with van der Waals surface area (Å²) in [4.78, 5) is 29.0. The Bertz CT molecular complexity index is 1380. The number of nitrogens with zero attached hydrogens (tertiary/aromatic N) is 6. The zero-order chi connectivity index (χ0) is 32.6. The Labute approximate surface area is 265 Å². The number of carbonyl (C=O) groups is 1. The third-order valence-electron chi connectivity index (χ3n) is 9.05. The molecule has 0 bridgehead atoms. The molecule has 2 aromatic heterocycles. The predicted octanol–water partition coefficient (Wildman–Crippen LogP) is 3.76. The highest BCUT2D eigenvalue weighted by molar-refractivity contribution is 7.88. The maximum absolute atomic E-state index is 13.1. The Morgan fingerprint density at radius 2 is 1.25 bits per heavy atom. The minimum Gasteiger partial charge on any atom is -0.353 e. The molecule has 4 atom stereocenters. The summed E-state index contributed by atoms with van der Waals surface area (Å²) >= 11 is 0. The first-order valence-electron chi connectivity index (χ1n) is 15.8. The Morgan fingerprint density at radius 1 is 0.795 bits per heavy atom.